The molecule has 0 saturated heterocycles. The molecule has 128 valence electrons. The van der Waals surface area contributed by atoms with Crippen molar-refractivity contribution in [2.45, 2.75) is 24.3 Å². The summed E-state index contributed by atoms with van der Waals surface area (Å²) in [5.74, 6) is 0.225. The number of thioether (sulfide) groups is 1. The first-order chi connectivity index (χ1) is 12.0. The maximum atomic E-state index is 13.7. The number of amides is 1. The van der Waals surface area contributed by atoms with Gasteiger partial charge in [-0.05, 0) is 43.5 Å². The van der Waals surface area contributed by atoms with Crippen molar-refractivity contribution in [1.29, 1.82) is 0 Å². The Hall–Kier alpha value is -2.12. The Morgan fingerprint density at radius 2 is 2.12 bits per heavy atom. The van der Waals surface area contributed by atoms with Crippen LogP contribution in [0.2, 0.25) is 0 Å². The van der Waals surface area contributed by atoms with Gasteiger partial charge in [-0.15, -0.1) is 23.1 Å². The van der Waals surface area contributed by atoms with Gasteiger partial charge in [0.2, 0.25) is 5.91 Å². The molecule has 1 aliphatic rings. The molecule has 4 nitrogen and oxygen atoms in total. The zero-order chi connectivity index (χ0) is 17.6. The van der Waals surface area contributed by atoms with Gasteiger partial charge in [0.15, 0.2) is 0 Å². The van der Waals surface area contributed by atoms with Crippen LogP contribution in [0.3, 0.4) is 0 Å². The lowest BCUT2D eigenvalue weighted by atomic mass is 10.1. The molecule has 0 aliphatic carbocycles. The molecule has 0 spiro atoms. The molecule has 0 fully saturated rings. The molecule has 1 aromatic carbocycles. The normalized spacial score (nSPS) is 20.0. The van der Waals surface area contributed by atoms with E-state index in [1.807, 2.05) is 25.3 Å². The maximum Gasteiger partial charge on any atom is 0.238 e. The van der Waals surface area contributed by atoms with Crippen LogP contribution in [0.5, 0.6) is 0 Å². The van der Waals surface area contributed by atoms with Crippen LogP contribution in [0.1, 0.15) is 28.3 Å². The minimum atomic E-state index is -0.336. The van der Waals surface area contributed by atoms with Crippen LogP contribution in [0.4, 0.5) is 10.2 Å². The number of aryl methyl sites for hydroxylation is 1. The fourth-order valence-electron chi connectivity index (χ4n) is 2.97. The highest BCUT2D eigenvalue weighted by Crippen LogP contribution is 2.47. The quantitative estimate of drug-likeness (QED) is 0.717. The molecular formula is C18H16FN3OS2. The molecule has 0 saturated carbocycles. The van der Waals surface area contributed by atoms with Crippen LogP contribution in [0, 0.1) is 12.7 Å². The Balaban J connectivity index is 1.92. The number of fused-ring (bicyclic) bond motifs is 1. The van der Waals surface area contributed by atoms with Crippen molar-refractivity contribution < 1.29 is 9.18 Å². The third-order valence-corrected chi connectivity index (χ3v) is 6.64. The van der Waals surface area contributed by atoms with E-state index < -0.39 is 0 Å². The van der Waals surface area contributed by atoms with Gasteiger partial charge in [0.25, 0.3) is 0 Å². The zero-order valence-corrected chi connectivity index (χ0v) is 15.3. The fraction of sp³-hybridized carbons (Fsp3) is 0.222. The van der Waals surface area contributed by atoms with E-state index in [-0.39, 0.29) is 22.2 Å². The molecule has 2 unspecified atom stereocenters. The standard InChI is InChI=1S/C18H16FN3OS2/c1-10-15-16(14-7-4-8-24-14)25-11(2)18(23)20-17(15)22(21-10)13-6-3-5-12(19)9-13/h3-9,11,16H,1-2H3,(H,20,23). The number of halogens is 1. The molecule has 25 heavy (non-hydrogen) atoms. The van der Waals surface area contributed by atoms with E-state index in [2.05, 4.69) is 16.5 Å². The minimum Gasteiger partial charge on any atom is -0.309 e. The Labute approximate surface area is 153 Å². The highest BCUT2D eigenvalue weighted by atomic mass is 32.2. The van der Waals surface area contributed by atoms with Crippen LogP contribution in [-0.4, -0.2) is 20.9 Å². The number of hydrogen-bond acceptors (Lipinski definition) is 4. The van der Waals surface area contributed by atoms with Crippen LogP contribution in [0.15, 0.2) is 41.8 Å². The summed E-state index contributed by atoms with van der Waals surface area (Å²) < 4.78 is 15.3. The lowest BCUT2D eigenvalue weighted by molar-refractivity contribution is -0.115. The molecule has 4 rings (SSSR count). The smallest absolute Gasteiger partial charge is 0.238 e. The Morgan fingerprint density at radius 1 is 1.28 bits per heavy atom. The zero-order valence-electron chi connectivity index (χ0n) is 13.7. The van der Waals surface area contributed by atoms with E-state index in [9.17, 15) is 9.18 Å². The number of nitrogens with one attached hydrogen (secondary N) is 1. The molecule has 1 aliphatic heterocycles. The number of hydrogen-bond donors (Lipinski definition) is 1. The molecule has 2 aromatic heterocycles. The molecule has 3 aromatic rings. The maximum absolute atomic E-state index is 13.7. The second kappa shape index (κ2) is 6.31. The highest BCUT2D eigenvalue weighted by molar-refractivity contribution is 8.01. The third-order valence-electron chi connectivity index (χ3n) is 4.17. The molecule has 2 atom stereocenters. The van der Waals surface area contributed by atoms with Crippen LogP contribution in [0.25, 0.3) is 5.69 Å². The molecule has 0 radical (unpaired) electrons. The Kier molecular flexibility index (Phi) is 4.13. The van der Waals surface area contributed by atoms with Crippen LogP contribution >= 0.6 is 23.1 Å². The summed E-state index contributed by atoms with van der Waals surface area (Å²) >= 11 is 3.28. The van der Waals surface area contributed by atoms with E-state index >= 15 is 0 Å². The van der Waals surface area contributed by atoms with Gasteiger partial charge in [-0.1, -0.05) is 12.1 Å². The SMILES string of the molecule is Cc1nn(-c2cccc(F)c2)c2c1C(c1cccs1)SC(C)C(=O)N2. The molecule has 3 heterocycles. The van der Waals surface area contributed by atoms with E-state index in [0.29, 0.717) is 11.5 Å². The van der Waals surface area contributed by atoms with Crippen molar-refractivity contribution in [3.63, 3.8) is 0 Å². The van der Waals surface area contributed by atoms with E-state index in [4.69, 9.17) is 0 Å². The van der Waals surface area contributed by atoms with Crippen LogP contribution < -0.4 is 5.32 Å². The van der Waals surface area contributed by atoms with E-state index in [0.717, 1.165) is 11.3 Å². The molecule has 1 amide bonds. The van der Waals surface area contributed by atoms with E-state index in [1.54, 1.807) is 39.9 Å². The summed E-state index contributed by atoms with van der Waals surface area (Å²) in [7, 11) is 0. The van der Waals surface area contributed by atoms with Gasteiger partial charge in [-0.25, -0.2) is 9.07 Å². The minimum absolute atomic E-state index is 0.0197. The van der Waals surface area contributed by atoms with Gasteiger partial charge >= 0.3 is 0 Å². The van der Waals surface area contributed by atoms with Gasteiger partial charge in [0.1, 0.15) is 11.6 Å². The van der Waals surface area contributed by atoms with Gasteiger partial charge in [-0.3, -0.25) is 4.79 Å². The number of nitrogens with zero attached hydrogens (tertiary/aromatic N) is 2. The summed E-state index contributed by atoms with van der Waals surface area (Å²) in [6, 6.07) is 10.3. The highest BCUT2D eigenvalue weighted by Gasteiger charge is 2.34. The number of carbonyl (C=O) groups is 1. The lowest BCUT2D eigenvalue weighted by Crippen LogP contribution is -2.22. The summed E-state index contributed by atoms with van der Waals surface area (Å²) in [5.41, 5.74) is 2.41. The predicted octanol–water partition coefficient (Wildman–Crippen LogP) is 4.54. The first kappa shape index (κ1) is 16.4. The van der Waals surface area contributed by atoms with E-state index in [1.165, 1.54) is 17.0 Å². The summed E-state index contributed by atoms with van der Waals surface area (Å²) in [5, 5.41) is 9.45. The Morgan fingerprint density at radius 3 is 2.84 bits per heavy atom. The number of carbonyl (C=O) groups excluding carboxylic acids is 1. The van der Waals surface area contributed by atoms with Crippen molar-refractivity contribution in [1.82, 2.24) is 9.78 Å². The van der Waals surface area contributed by atoms with Gasteiger partial charge in [0.05, 0.1) is 21.9 Å². The van der Waals surface area contributed by atoms with Crippen molar-refractivity contribution >= 4 is 34.8 Å². The van der Waals surface area contributed by atoms with Gasteiger partial charge in [0, 0.05) is 10.4 Å². The molecule has 0 bridgehead atoms. The second-order valence-electron chi connectivity index (χ2n) is 5.90. The molecule has 7 heteroatoms. The van der Waals surface area contributed by atoms with Gasteiger partial charge in [-0.2, -0.15) is 5.10 Å². The largest absolute Gasteiger partial charge is 0.309 e. The topological polar surface area (TPSA) is 46.9 Å². The first-order valence-electron chi connectivity index (χ1n) is 7.90. The monoisotopic (exact) mass is 373 g/mol. The Bertz CT molecular complexity index is 936. The van der Waals surface area contributed by atoms with Crippen molar-refractivity contribution in [2.75, 3.05) is 5.32 Å². The second-order valence-corrected chi connectivity index (χ2v) is 8.33. The van der Waals surface area contributed by atoms with Crippen molar-refractivity contribution in [3.8, 4) is 5.69 Å². The molecular weight excluding hydrogens is 357 g/mol. The number of anilines is 1. The summed E-state index contributed by atoms with van der Waals surface area (Å²) in [6.07, 6.45) is 0. The van der Waals surface area contributed by atoms with Gasteiger partial charge < -0.3 is 5.32 Å². The van der Waals surface area contributed by atoms with Crippen LogP contribution in [-0.2, 0) is 4.79 Å². The predicted molar refractivity (Wildman–Crippen MR) is 100 cm³/mol. The fourth-order valence-corrected chi connectivity index (χ4v) is 5.24. The number of thiophene rings is 1. The molecule has 1 N–H and O–H groups in total. The summed E-state index contributed by atoms with van der Waals surface area (Å²) in [4.78, 5) is 13.7. The van der Waals surface area contributed by atoms with Crippen molar-refractivity contribution in [2.24, 2.45) is 0 Å². The average Bonchev–Trinajstić information content (AvgIpc) is 3.19. The first-order valence-corrected chi connectivity index (χ1v) is 9.72. The number of benzene rings is 1. The lowest BCUT2D eigenvalue weighted by Gasteiger charge is -2.15. The number of rotatable bonds is 2. The third kappa shape index (κ3) is 2.87. The average molecular weight is 373 g/mol. The summed E-state index contributed by atoms with van der Waals surface area (Å²) in [6.45, 7) is 3.83. The van der Waals surface area contributed by atoms with Crippen molar-refractivity contribution in [3.05, 3.63) is 63.7 Å². The number of aromatic nitrogens is 2.